The van der Waals surface area contributed by atoms with Crippen molar-refractivity contribution in [3.05, 3.63) is 53.6 Å². The van der Waals surface area contributed by atoms with E-state index in [1.807, 2.05) is 29.2 Å². The molecule has 2 aromatic carbocycles. The lowest BCUT2D eigenvalue weighted by atomic mass is 9.97. The number of benzene rings is 2. The zero-order valence-electron chi connectivity index (χ0n) is 21.1. The molecule has 3 unspecified atom stereocenters. The lowest BCUT2D eigenvalue weighted by molar-refractivity contribution is -0.126. The van der Waals surface area contributed by atoms with Crippen molar-refractivity contribution in [1.82, 2.24) is 4.90 Å². The summed E-state index contributed by atoms with van der Waals surface area (Å²) in [5, 5.41) is 7.81. The second-order valence-corrected chi connectivity index (χ2v) is 9.75. The van der Waals surface area contributed by atoms with Crippen molar-refractivity contribution in [3.63, 3.8) is 0 Å². The summed E-state index contributed by atoms with van der Waals surface area (Å²) in [6, 6.07) is 14.2. The van der Waals surface area contributed by atoms with Crippen LogP contribution in [0.5, 0.6) is 11.5 Å². The first kappa shape index (κ1) is 25.0. The van der Waals surface area contributed by atoms with Crippen LogP contribution in [-0.4, -0.2) is 48.9 Å². The first-order valence-electron chi connectivity index (χ1n) is 12.8. The molecule has 0 bridgehead atoms. The molecule has 0 aromatic heterocycles. The molecule has 0 radical (unpaired) electrons. The topological polar surface area (TPSA) is 91.9 Å². The number of nitrogen functional groups attached to an aromatic ring is 1. The van der Waals surface area contributed by atoms with Gasteiger partial charge in [0.15, 0.2) is 0 Å². The summed E-state index contributed by atoms with van der Waals surface area (Å²) in [5.74, 6) is 1.02. The van der Waals surface area contributed by atoms with Crippen LogP contribution in [0.4, 0.5) is 5.69 Å². The van der Waals surface area contributed by atoms with E-state index >= 15 is 0 Å². The smallest absolute Gasteiger partial charge is 0.273 e. The molecule has 4 rings (SSSR count). The Hall–Kier alpha value is -3.06. The predicted octanol–water partition coefficient (Wildman–Crippen LogP) is 4.88. The van der Waals surface area contributed by atoms with Gasteiger partial charge < -0.3 is 20.1 Å². The highest BCUT2D eigenvalue weighted by Gasteiger charge is 2.37. The Kier molecular flexibility index (Phi) is 7.96. The van der Waals surface area contributed by atoms with Gasteiger partial charge in [0, 0.05) is 29.8 Å². The average molecular weight is 479 g/mol. The molecule has 188 valence electrons. The Bertz CT molecular complexity index is 1050. The quantitative estimate of drug-likeness (QED) is 0.304. The van der Waals surface area contributed by atoms with E-state index in [9.17, 15) is 4.79 Å². The molecule has 0 spiro atoms. The van der Waals surface area contributed by atoms with E-state index < -0.39 is 6.10 Å². The van der Waals surface area contributed by atoms with Gasteiger partial charge >= 0.3 is 0 Å². The molecule has 0 saturated carbocycles. The van der Waals surface area contributed by atoms with Gasteiger partial charge in [-0.15, -0.1) is 0 Å². The maximum atomic E-state index is 13.7. The van der Waals surface area contributed by atoms with Gasteiger partial charge in [0.1, 0.15) is 17.3 Å². The summed E-state index contributed by atoms with van der Waals surface area (Å²) in [4.78, 5) is 18.2. The van der Waals surface area contributed by atoms with E-state index in [2.05, 4.69) is 18.7 Å². The molecule has 2 heterocycles. The highest BCUT2D eigenvalue weighted by atomic mass is 16.5. The molecular weight excluding hydrogens is 440 g/mol. The van der Waals surface area contributed by atoms with Gasteiger partial charge in [0.05, 0.1) is 12.8 Å². The highest BCUT2D eigenvalue weighted by molar-refractivity contribution is 6.01. The molecule has 0 aliphatic carbocycles. The summed E-state index contributed by atoms with van der Waals surface area (Å²) in [6.07, 6.45) is 6.18. The minimum Gasteiger partial charge on any atom is -0.496 e. The van der Waals surface area contributed by atoms with Gasteiger partial charge in [-0.05, 0) is 76.4 Å². The third-order valence-electron chi connectivity index (χ3n) is 7.39. The van der Waals surface area contributed by atoms with Crippen LogP contribution in [-0.2, 0) is 4.79 Å². The number of para-hydroxylation sites is 2. The Balaban J connectivity index is 1.47. The number of fused-ring (bicyclic) bond motifs is 1. The van der Waals surface area contributed by atoms with Crippen molar-refractivity contribution < 1.29 is 14.3 Å². The van der Waals surface area contributed by atoms with Crippen LogP contribution in [0.25, 0.3) is 0 Å². The van der Waals surface area contributed by atoms with Gasteiger partial charge in [-0.3, -0.25) is 15.1 Å². The minimum absolute atomic E-state index is 0.0632. The van der Waals surface area contributed by atoms with E-state index in [1.165, 1.54) is 19.3 Å². The third-order valence-corrected chi connectivity index (χ3v) is 7.39. The summed E-state index contributed by atoms with van der Waals surface area (Å²) >= 11 is 0. The van der Waals surface area contributed by atoms with Crippen molar-refractivity contribution in [3.8, 4) is 11.5 Å². The molecular formula is C28H38N4O3. The van der Waals surface area contributed by atoms with Crippen LogP contribution in [0, 0.1) is 5.41 Å². The SMILES string of the molecule is COc1ccc(C(=N)N)cc1C1Oc2ccccc2N(CCCCCN2C(C)CCCC2C)C1=O. The number of amidine groups is 1. The van der Waals surface area contributed by atoms with Crippen LogP contribution in [0.2, 0.25) is 0 Å². The molecule has 2 aliphatic heterocycles. The predicted molar refractivity (Wildman–Crippen MR) is 140 cm³/mol. The Labute approximate surface area is 208 Å². The monoisotopic (exact) mass is 478 g/mol. The molecule has 35 heavy (non-hydrogen) atoms. The lowest BCUT2D eigenvalue weighted by Crippen LogP contribution is -2.44. The van der Waals surface area contributed by atoms with Crippen LogP contribution in [0.15, 0.2) is 42.5 Å². The molecule has 3 atom stereocenters. The van der Waals surface area contributed by atoms with E-state index in [1.54, 1.807) is 25.3 Å². The molecule has 3 N–H and O–H groups in total. The Morgan fingerprint density at radius 3 is 2.51 bits per heavy atom. The highest BCUT2D eigenvalue weighted by Crippen LogP contribution is 2.41. The largest absolute Gasteiger partial charge is 0.496 e. The van der Waals surface area contributed by atoms with Crippen molar-refractivity contribution in [2.24, 2.45) is 5.73 Å². The number of unbranched alkanes of at least 4 members (excludes halogenated alkanes) is 2. The van der Waals surface area contributed by atoms with Gasteiger partial charge in [-0.1, -0.05) is 25.0 Å². The van der Waals surface area contributed by atoms with E-state index in [0.29, 0.717) is 41.3 Å². The molecule has 2 aromatic rings. The molecule has 1 fully saturated rings. The van der Waals surface area contributed by atoms with Crippen LogP contribution >= 0.6 is 0 Å². The van der Waals surface area contributed by atoms with Gasteiger partial charge in [0.2, 0.25) is 6.10 Å². The van der Waals surface area contributed by atoms with Gasteiger partial charge in [-0.25, -0.2) is 0 Å². The molecule has 7 heteroatoms. The van der Waals surface area contributed by atoms with E-state index in [4.69, 9.17) is 20.6 Å². The second-order valence-electron chi connectivity index (χ2n) is 9.75. The minimum atomic E-state index is -0.853. The molecule has 7 nitrogen and oxygen atoms in total. The van der Waals surface area contributed by atoms with Gasteiger partial charge in [-0.2, -0.15) is 0 Å². The fourth-order valence-electron chi connectivity index (χ4n) is 5.41. The number of methoxy groups -OCH3 is 1. The number of hydrogen-bond acceptors (Lipinski definition) is 5. The maximum absolute atomic E-state index is 13.7. The second kappa shape index (κ2) is 11.1. The van der Waals surface area contributed by atoms with Crippen LogP contribution in [0.3, 0.4) is 0 Å². The third kappa shape index (κ3) is 5.45. The number of nitrogens with zero attached hydrogens (tertiary/aromatic N) is 2. The number of amides is 1. The van der Waals surface area contributed by atoms with E-state index in [0.717, 1.165) is 31.5 Å². The standard InChI is InChI=1S/C28H38N4O3/c1-19-10-9-11-20(2)31(19)16-7-4-8-17-32-23-12-5-6-13-25(23)35-26(28(32)33)22-18-21(27(29)30)14-15-24(22)34-3/h5-6,12-15,18-20,26H,4,7-11,16-17H2,1-3H3,(H3,29,30). The van der Waals surface area contributed by atoms with Crippen molar-refractivity contribution >= 4 is 17.4 Å². The number of likely N-dealkylation sites (tertiary alicyclic amines) is 1. The zero-order valence-corrected chi connectivity index (χ0v) is 21.1. The molecule has 1 saturated heterocycles. The number of carbonyl (C=O) groups is 1. The zero-order chi connectivity index (χ0) is 24.9. The summed E-state index contributed by atoms with van der Waals surface area (Å²) in [5.41, 5.74) is 7.62. The van der Waals surface area contributed by atoms with Crippen molar-refractivity contribution in [2.75, 3.05) is 25.1 Å². The first-order valence-corrected chi connectivity index (χ1v) is 12.8. The lowest BCUT2D eigenvalue weighted by Gasteiger charge is -2.39. The fourth-order valence-corrected chi connectivity index (χ4v) is 5.41. The number of piperidine rings is 1. The number of nitrogens with one attached hydrogen (secondary N) is 1. The summed E-state index contributed by atoms with van der Waals surface area (Å²) in [7, 11) is 1.56. The van der Waals surface area contributed by atoms with Crippen molar-refractivity contribution in [1.29, 1.82) is 5.41 Å². The summed E-state index contributed by atoms with van der Waals surface area (Å²) in [6.45, 7) is 6.44. The summed E-state index contributed by atoms with van der Waals surface area (Å²) < 4.78 is 11.7. The molecule has 2 aliphatic rings. The van der Waals surface area contributed by atoms with E-state index in [-0.39, 0.29) is 11.7 Å². The van der Waals surface area contributed by atoms with Gasteiger partial charge in [0.25, 0.3) is 5.91 Å². The number of nitrogens with two attached hydrogens (primary N) is 1. The Morgan fingerprint density at radius 2 is 1.80 bits per heavy atom. The fraction of sp³-hybridized carbons (Fsp3) is 0.500. The van der Waals surface area contributed by atoms with Crippen molar-refractivity contribution in [2.45, 2.75) is 70.6 Å². The molecule has 1 amide bonds. The number of carbonyl (C=O) groups excluding carboxylic acids is 1. The van der Waals surface area contributed by atoms with Crippen LogP contribution in [0.1, 0.15) is 69.6 Å². The first-order chi connectivity index (χ1) is 16.9. The van der Waals surface area contributed by atoms with Crippen LogP contribution < -0.4 is 20.1 Å². The Morgan fingerprint density at radius 1 is 1.09 bits per heavy atom. The number of rotatable bonds is 9. The number of ether oxygens (including phenoxy) is 2. The normalized spacial score (nSPS) is 22.4. The average Bonchev–Trinajstić information content (AvgIpc) is 2.85. The number of anilines is 1. The number of hydrogen-bond donors (Lipinski definition) is 2. The maximum Gasteiger partial charge on any atom is 0.273 e.